The van der Waals surface area contributed by atoms with Crippen LogP contribution >= 0.6 is 0 Å². The normalized spacial score (nSPS) is 19.8. The Kier molecular flexibility index (Phi) is 8.28. The second kappa shape index (κ2) is 11.9. The molecule has 0 spiro atoms. The van der Waals surface area contributed by atoms with Crippen molar-refractivity contribution in [1.82, 2.24) is 24.7 Å². The van der Waals surface area contributed by atoms with E-state index in [1.54, 1.807) is 16.0 Å². The van der Waals surface area contributed by atoms with Gasteiger partial charge in [-0.05, 0) is 57.9 Å². The van der Waals surface area contributed by atoms with Crippen LogP contribution in [0.25, 0.3) is 0 Å². The highest BCUT2D eigenvalue weighted by Gasteiger charge is 2.35. The lowest BCUT2D eigenvalue weighted by Gasteiger charge is -2.37. The monoisotopic (exact) mass is 579 g/mol. The number of rotatable bonds is 6. The van der Waals surface area contributed by atoms with Gasteiger partial charge in [0.15, 0.2) is 11.5 Å². The van der Waals surface area contributed by atoms with Crippen molar-refractivity contribution in [2.45, 2.75) is 45.3 Å². The number of hydrogen-bond donors (Lipinski definition) is 2. The predicted molar refractivity (Wildman–Crippen MR) is 160 cm³/mol. The molecule has 226 valence electrons. The number of likely N-dealkylation sites (N-methyl/N-ethyl adjacent to an activating group) is 1. The highest BCUT2D eigenvalue weighted by Crippen LogP contribution is 2.27. The number of primary amides is 1. The number of piperazine rings is 1. The van der Waals surface area contributed by atoms with E-state index >= 15 is 0 Å². The number of benzene rings is 1. The van der Waals surface area contributed by atoms with E-state index in [4.69, 9.17) is 15.5 Å². The Hall–Kier alpha value is -4.29. The van der Waals surface area contributed by atoms with E-state index in [1.807, 2.05) is 57.0 Å². The van der Waals surface area contributed by atoms with Crippen molar-refractivity contribution in [3.05, 3.63) is 36.2 Å². The lowest BCUT2D eigenvalue weighted by molar-refractivity contribution is 0.0240. The molecule has 3 fully saturated rings. The molecule has 1 atom stereocenters. The second-order valence-corrected chi connectivity index (χ2v) is 12.1. The van der Waals surface area contributed by atoms with E-state index in [1.165, 1.54) is 0 Å². The fraction of sp³-hybridized carbons (Fsp3) is 0.552. The van der Waals surface area contributed by atoms with Crippen molar-refractivity contribution < 1.29 is 19.1 Å². The highest BCUT2D eigenvalue weighted by atomic mass is 16.6. The maximum absolute atomic E-state index is 12.6. The van der Waals surface area contributed by atoms with Gasteiger partial charge in [-0.25, -0.2) is 19.6 Å². The fourth-order valence-corrected chi connectivity index (χ4v) is 5.59. The van der Waals surface area contributed by atoms with Gasteiger partial charge in [0.1, 0.15) is 11.4 Å². The summed E-state index contributed by atoms with van der Waals surface area (Å²) in [5.74, 6) is 0.253. The molecule has 2 aromatic rings. The summed E-state index contributed by atoms with van der Waals surface area (Å²) in [6, 6.07) is 7.98. The molecule has 5 rings (SSSR count). The van der Waals surface area contributed by atoms with Gasteiger partial charge in [0.05, 0.1) is 12.2 Å². The molecular formula is C29H41N9O4. The molecule has 0 unspecified atom stereocenters. The molecule has 0 radical (unpaired) electrons. The Morgan fingerprint density at radius 3 is 2.33 bits per heavy atom. The zero-order valence-electron chi connectivity index (χ0n) is 24.9. The van der Waals surface area contributed by atoms with Crippen LogP contribution in [0.5, 0.6) is 0 Å². The summed E-state index contributed by atoms with van der Waals surface area (Å²) in [5, 5.41) is 3.23. The van der Waals surface area contributed by atoms with Crippen LogP contribution in [0, 0.1) is 0 Å². The van der Waals surface area contributed by atoms with E-state index < -0.39 is 11.5 Å². The Bertz CT molecular complexity index is 1310. The van der Waals surface area contributed by atoms with Gasteiger partial charge in [-0.2, -0.15) is 0 Å². The highest BCUT2D eigenvalue weighted by molar-refractivity contribution is 5.96. The number of nitrogens with one attached hydrogen (secondary N) is 1. The Balaban J connectivity index is 1.24. The SMILES string of the molecule is CN1CCN([C@@H]2CCCN(c3cnc(C(N)=O)c(Nc4ccc(N5CCN(C(=O)OC(C)(C)C)CC5)cc4)n3)C2)C1=O. The van der Waals surface area contributed by atoms with E-state index in [0.29, 0.717) is 38.5 Å². The Labute approximate surface area is 246 Å². The van der Waals surface area contributed by atoms with Gasteiger partial charge in [0.25, 0.3) is 5.91 Å². The quantitative estimate of drug-likeness (QED) is 0.529. The van der Waals surface area contributed by atoms with Gasteiger partial charge in [-0.15, -0.1) is 0 Å². The standard InChI is InChI=1S/C29H41N9O4/c1-29(2,3)42-28(41)36-15-13-35(14-16-36)21-9-7-20(8-10-21)32-26-24(25(30)39)31-18-23(33-26)37-11-5-6-22(19-37)38-17-12-34(4)27(38)40/h7-10,18,22H,5-6,11-17,19H2,1-4H3,(H2,30,39)(H,32,33)/t22-/m1/s1. The predicted octanol–water partition coefficient (Wildman–Crippen LogP) is 2.71. The van der Waals surface area contributed by atoms with Crippen LogP contribution in [0.3, 0.4) is 0 Å². The largest absolute Gasteiger partial charge is 0.444 e. The third kappa shape index (κ3) is 6.60. The van der Waals surface area contributed by atoms with Crippen molar-refractivity contribution in [3.63, 3.8) is 0 Å². The van der Waals surface area contributed by atoms with E-state index in [9.17, 15) is 14.4 Å². The Morgan fingerprint density at radius 1 is 1.00 bits per heavy atom. The zero-order chi connectivity index (χ0) is 30.0. The van der Waals surface area contributed by atoms with Crippen LogP contribution < -0.4 is 20.9 Å². The average molecular weight is 580 g/mol. The molecule has 3 saturated heterocycles. The first-order valence-electron chi connectivity index (χ1n) is 14.5. The number of hydrogen-bond acceptors (Lipinski definition) is 9. The molecular weight excluding hydrogens is 538 g/mol. The van der Waals surface area contributed by atoms with Crippen LogP contribution in [-0.2, 0) is 4.74 Å². The van der Waals surface area contributed by atoms with Crippen LogP contribution in [0.15, 0.2) is 30.5 Å². The molecule has 0 bridgehead atoms. The average Bonchev–Trinajstić information content (AvgIpc) is 3.30. The number of carbonyl (C=O) groups is 3. The number of nitrogens with zero attached hydrogens (tertiary/aromatic N) is 7. The molecule has 0 saturated carbocycles. The summed E-state index contributed by atoms with van der Waals surface area (Å²) < 4.78 is 5.50. The minimum Gasteiger partial charge on any atom is -0.444 e. The van der Waals surface area contributed by atoms with Crippen LogP contribution in [0.2, 0.25) is 0 Å². The molecule has 1 aromatic heterocycles. The summed E-state index contributed by atoms with van der Waals surface area (Å²) in [7, 11) is 1.83. The number of aromatic nitrogens is 2. The molecule has 0 aliphatic carbocycles. The van der Waals surface area contributed by atoms with Crippen LogP contribution in [0.4, 0.5) is 32.6 Å². The molecule has 4 heterocycles. The topological polar surface area (TPSA) is 140 Å². The number of nitrogens with two attached hydrogens (primary N) is 1. The summed E-state index contributed by atoms with van der Waals surface area (Å²) in [6.45, 7) is 11.1. The van der Waals surface area contributed by atoms with Gasteiger partial charge in [0.2, 0.25) is 0 Å². The molecule has 13 nitrogen and oxygen atoms in total. The van der Waals surface area contributed by atoms with Gasteiger partial charge in [-0.3, -0.25) is 4.79 Å². The summed E-state index contributed by atoms with van der Waals surface area (Å²) in [5.41, 5.74) is 6.94. The van der Waals surface area contributed by atoms with Crippen molar-refractivity contribution in [2.24, 2.45) is 5.73 Å². The van der Waals surface area contributed by atoms with Gasteiger partial charge < -0.3 is 40.3 Å². The maximum atomic E-state index is 12.6. The van der Waals surface area contributed by atoms with E-state index in [0.717, 1.165) is 43.9 Å². The third-order valence-electron chi connectivity index (χ3n) is 7.83. The first-order valence-corrected chi connectivity index (χ1v) is 14.5. The zero-order valence-corrected chi connectivity index (χ0v) is 24.9. The minimum atomic E-state index is -0.668. The van der Waals surface area contributed by atoms with E-state index in [2.05, 4.69) is 20.1 Å². The lowest BCUT2D eigenvalue weighted by Crippen LogP contribution is -2.50. The molecule has 3 aliphatic heterocycles. The van der Waals surface area contributed by atoms with Crippen LogP contribution in [-0.4, -0.2) is 114 Å². The lowest BCUT2D eigenvalue weighted by atomic mass is 10.0. The van der Waals surface area contributed by atoms with Crippen LogP contribution in [0.1, 0.15) is 44.1 Å². The number of anilines is 4. The molecule has 3 aliphatic rings. The number of ether oxygens (including phenoxy) is 1. The fourth-order valence-electron chi connectivity index (χ4n) is 5.59. The summed E-state index contributed by atoms with van der Waals surface area (Å²) >= 11 is 0. The van der Waals surface area contributed by atoms with Gasteiger partial charge in [0, 0.05) is 70.8 Å². The van der Waals surface area contributed by atoms with Crippen molar-refractivity contribution >= 4 is 41.0 Å². The van der Waals surface area contributed by atoms with Crippen molar-refractivity contribution in [2.75, 3.05) is 74.5 Å². The molecule has 1 aromatic carbocycles. The number of urea groups is 1. The summed E-state index contributed by atoms with van der Waals surface area (Å²) in [4.78, 5) is 56.0. The third-order valence-corrected chi connectivity index (χ3v) is 7.83. The van der Waals surface area contributed by atoms with Crippen molar-refractivity contribution in [3.8, 4) is 0 Å². The van der Waals surface area contributed by atoms with E-state index in [-0.39, 0.29) is 29.7 Å². The summed E-state index contributed by atoms with van der Waals surface area (Å²) in [6.07, 6.45) is 3.16. The molecule has 13 heteroatoms. The van der Waals surface area contributed by atoms with Crippen molar-refractivity contribution in [1.29, 1.82) is 0 Å². The Morgan fingerprint density at radius 2 is 1.71 bits per heavy atom. The second-order valence-electron chi connectivity index (χ2n) is 12.1. The molecule has 42 heavy (non-hydrogen) atoms. The first kappa shape index (κ1) is 29.2. The minimum absolute atomic E-state index is 0.0611. The molecule has 3 N–H and O–H groups in total. The van der Waals surface area contributed by atoms with Gasteiger partial charge >= 0.3 is 12.1 Å². The molecule has 4 amide bonds. The number of amides is 4. The van der Waals surface area contributed by atoms with Gasteiger partial charge in [-0.1, -0.05) is 0 Å². The number of carbonyl (C=O) groups excluding carboxylic acids is 3. The number of piperidine rings is 1. The smallest absolute Gasteiger partial charge is 0.410 e. The maximum Gasteiger partial charge on any atom is 0.410 e. The first-order chi connectivity index (χ1) is 20.0.